The van der Waals surface area contributed by atoms with Crippen molar-refractivity contribution in [1.29, 1.82) is 0 Å². The van der Waals surface area contributed by atoms with E-state index < -0.39 is 26.3 Å². The molecule has 1 radical (unpaired) electrons. The largest absolute Gasteiger partial charge is 0.462 e. The van der Waals surface area contributed by atoms with E-state index >= 15 is 0 Å². The third kappa shape index (κ3) is 6.91. The maximum atomic E-state index is 14.7. The fourth-order valence-electron chi connectivity index (χ4n) is 4.70. The number of benzene rings is 1. The van der Waals surface area contributed by atoms with Crippen molar-refractivity contribution in [2.75, 3.05) is 6.61 Å². The predicted molar refractivity (Wildman–Crippen MR) is 157 cm³/mol. The van der Waals surface area contributed by atoms with Crippen LogP contribution in [0, 0.1) is 17.2 Å². The number of aromatic nitrogens is 2. The van der Waals surface area contributed by atoms with E-state index in [1.165, 1.54) is 6.07 Å². The monoisotopic (exact) mass is 593 g/mol. The molecule has 0 N–H and O–H groups in total. The second kappa shape index (κ2) is 12.5. The smallest absolute Gasteiger partial charge is 0.343 e. The van der Waals surface area contributed by atoms with Crippen LogP contribution in [0.1, 0.15) is 69.2 Å². The molecule has 3 aromatic rings. The van der Waals surface area contributed by atoms with E-state index in [0.717, 1.165) is 0 Å². The highest BCUT2D eigenvalue weighted by molar-refractivity contribution is 6.48. The first-order valence-corrected chi connectivity index (χ1v) is 16.1. The number of halogens is 3. The van der Waals surface area contributed by atoms with Crippen molar-refractivity contribution in [3.8, 4) is 0 Å². The summed E-state index contributed by atoms with van der Waals surface area (Å²) >= 11 is 12.7. The third-order valence-electron chi connectivity index (χ3n) is 6.45. The Labute approximate surface area is 241 Å². The summed E-state index contributed by atoms with van der Waals surface area (Å²) in [4.78, 5) is 31.2. The Balaban J connectivity index is 2.36. The van der Waals surface area contributed by atoms with Crippen molar-refractivity contribution in [2.45, 2.75) is 73.2 Å². The van der Waals surface area contributed by atoms with Crippen LogP contribution in [-0.4, -0.2) is 37.3 Å². The minimum atomic E-state index is -1.11. The summed E-state index contributed by atoms with van der Waals surface area (Å²) < 4.78 is 28.4. The maximum Gasteiger partial charge on any atom is 0.343 e. The first kappa shape index (κ1) is 31.3. The highest BCUT2D eigenvalue weighted by Crippen LogP contribution is 2.38. The number of fused-ring (bicyclic) bond motifs is 1. The first-order valence-electron chi connectivity index (χ1n) is 13.0. The van der Waals surface area contributed by atoms with E-state index in [4.69, 9.17) is 32.4 Å². The Morgan fingerprint density at radius 3 is 2.41 bits per heavy atom. The topological polar surface area (TPSA) is 70.4 Å². The summed E-state index contributed by atoms with van der Waals surface area (Å²) in [6.45, 7) is 16.4. The Morgan fingerprint density at radius 2 is 1.85 bits per heavy atom. The standard InChI is InChI=1S/C29H36Cl2FN2O4Si/c1-9-37-28(36)18-15-34(25(16(2)3)27(29(4,5)6)38-39(7)8)22-14-20(31)21(33-24(22)26(18)35)13-17-11-10-12-19(30)23(17)32/h10-12,14-16,25,27H,9,13H2,1-8H3/t25-,27?/m0/s1. The second-order valence-corrected chi connectivity index (χ2v) is 14.1. The molecular weight excluding hydrogens is 558 g/mol. The van der Waals surface area contributed by atoms with Crippen molar-refractivity contribution in [3.63, 3.8) is 0 Å². The highest BCUT2D eigenvalue weighted by Gasteiger charge is 2.38. The van der Waals surface area contributed by atoms with Crippen molar-refractivity contribution >= 4 is 49.2 Å². The van der Waals surface area contributed by atoms with E-state index in [2.05, 4.69) is 52.7 Å². The maximum absolute atomic E-state index is 14.7. The molecule has 0 spiro atoms. The molecule has 0 aliphatic rings. The minimum absolute atomic E-state index is 0.0166. The van der Waals surface area contributed by atoms with Crippen LogP contribution in [0.5, 0.6) is 0 Å². The average molecular weight is 595 g/mol. The van der Waals surface area contributed by atoms with Gasteiger partial charge in [0.2, 0.25) is 14.5 Å². The molecule has 0 saturated heterocycles. The predicted octanol–water partition coefficient (Wildman–Crippen LogP) is 7.49. The van der Waals surface area contributed by atoms with Crippen LogP contribution in [-0.2, 0) is 15.6 Å². The van der Waals surface area contributed by atoms with Gasteiger partial charge in [-0.2, -0.15) is 0 Å². The number of pyridine rings is 2. The van der Waals surface area contributed by atoms with Gasteiger partial charge < -0.3 is 13.7 Å². The Bertz CT molecular complexity index is 1420. The van der Waals surface area contributed by atoms with E-state index in [0.29, 0.717) is 16.8 Å². The summed E-state index contributed by atoms with van der Waals surface area (Å²) in [6, 6.07) is 6.08. The first-order chi connectivity index (χ1) is 18.2. The van der Waals surface area contributed by atoms with Crippen molar-refractivity contribution in [1.82, 2.24) is 9.55 Å². The lowest BCUT2D eigenvalue weighted by Crippen LogP contribution is -2.43. The summed E-state index contributed by atoms with van der Waals surface area (Å²) in [5.74, 6) is -1.25. The van der Waals surface area contributed by atoms with Crippen molar-refractivity contribution < 1.29 is 18.3 Å². The molecule has 0 aliphatic carbocycles. The summed E-state index contributed by atoms with van der Waals surface area (Å²) in [5.41, 5.74) is 0.140. The fourth-order valence-corrected chi connectivity index (χ4v) is 6.10. The molecule has 10 heteroatoms. The average Bonchev–Trinajstić information content (AvgIpc) is 2.82. The fraction of sp³-hybridized carbons (Fsp3) is 0.483. The van der Waals surface area contributed by atoms with E-state index in [9.17, 15) is 14.0 Å². The summed E-state index contributed by atoms with van der Waals surface area (Å²) in [7, 11) is -1.11. The summed E-state index contributed by atoms with van der Waals surface area (Å²) in [6.07, 6.45) is 1.31. The third-order valence-corrected chi connectivity index (χ3v) is 7.79. The van der Waals surface area contributed by atoms with Gasteiger partial charge in [-0.05, 0) is 49.0 Å². The molecule has 0 bridgehead atoms. The Hall–Kier alpha value is -2.26. The number of ether oxygens (including phenoxy) is 1. The molecule has 2 heterocycles. The molecule has 1 aromatic carbocycles. The van der Waals surface area contributed by atoms with Gasteiger partial charge in [-0.3, -0.25) is 4.79 Å². The second-order valence-electron chi connectivity index (χ2n) is 11.2. The normalized spacial score (nSPS) is 13.8. The number of hydrogen-bond acceptors (Lipinski definition) is 5. The molecule has 0 fully saturated rings. The van der Waals surface area contributed by atoms with E-state index in [-0.39, 0.29) is 57.6 Å². The van der Waals surface area contributed by atoms with Crippen molar-refractivity contribution in [3.05, 3.63) is 73.4 Å². The lowest BCUT2D eigenvalue weighted by molar-refractivity contribution is 0.0212. The molecule has 211 valence electrons. The molecule has 0 saturated carbocycles. The van der Waals surface area contributed by atoms with Gasteiger partial charge >= 0.3 is 5.97 Å². The Kier molecular flexibility index (Phi) is 10.0. The lowest BCUT2D eigenvalue weighted by atomic mass is 9.80. The quantitative estimate of drug-likeness (QED) is 0.190. The molecule has 39 heavy (non-hydrogen) atoms. The van der Waals surface area contributed by atoms with Gasteiger partial charge in [0.15, 0.2) is 0 Å². The number of hydrogen-bond donors (Lipinski definition) is 0. The number of rotatable bonds is 9. The van der Waals surface area contributed by atoms with Gasteiger partial charge in [-0.1, -0.05) is 70.0 Å². The van der Waals surface area contributed by atoms with Gasteiger partial charge in [0.1, 0.15) is 16.9 Å². The molecular formula is C29H36Cl2FN2O4Si. The molecule has 2 aromatic heterocycles. The SMILES string of the molecule is CCOC(=O)c1cn([C@@H](C(C)C)C(O[Si](C)C)C(C)(C)C)c2cc(Cl)c(Cc3cccc(Cl)c3F)nc2c1=O. The number of esters is 1. The zero-order valence-electron chi connectivity index (χ0n) is 23.7. The number of nitrogens with zero attached hydrogens (tertiary/aromatic N) is 2. The summed E-state index contributed by atoms with van der Waals surface area (Å²) in [5, 5.41) is 0.252. The van der Waals surface area contributed by atoms with Crippen molar-refractivity contribution in [2.24, 2.45) is 11.3 Å². The van der Waals surface area contributed by atoms with Crippen LogP contribution in [0.2, 0.25) is 23.1 Å². The molecule has 3 rings (SSSR count). The van der Waals surface area contributed by atoms with Crippen LogP contribution < -0.4 is 5.43 Å². The minimum Gasteiger partial charge on any atom is -0.462 e. The number of carbonyl (C=O) groups is 1. The van der Waals surface area contributed by atoms with Gasteiger partial charge in [0.05, 0.1) is 40.0 Å². The molecule has 6 nitrogen and oxygen atoms in total. The Morgan fingerprint density at radius 1 is 1.18 bits per heavy atom. The molecule has 0 aliphatic heterocycles. The zero-order valence-corrected chi connectivity index (χ0v) is 26.2. The van der Waals surface area contributed by atoms with E-state index in [1.54, 1.807) is 31.3 Å². The molecule has 2 atom stereocenters. The van der Waals surface area contributed by atoms with Crippen LogP contribution >= 0.6 is 23.2 Å². The van der Waals surface area contributed by atoms with Crippen LogP contribution in [0.15, 0.2) is 35.3 Å². The van der Waals surface area contributed by atoms with Crippen LogP contribution in [0.4, 0.5) is 4.39 Å². The zero-order chi connectivity index (χ0) is 29.2. The lowest BCUT2D eigenvalue weighted by Gasteiger charge is -2.42. The highest BCUT2D eigenvalue weighted by atomic mass is 35.5. The van der Waals surface area contributed by atoms with E-state index in [1.807, 2.05) is 4.57 Å². The number of carbonyl (C=O) groups excluding carboxylic acids is 1. The molecule has 1 unspecified atom stereocenters. The van der Waals surface area contributed by atoms with Gasteiger partial charge in [-0.25, -0.2) is 14.2 Å². The van der Waals surface area contributed by atoms with Gasteiger partial charge in [0, 0.05) is 12.6 Å². The molecule has 0 amide bonds. The van der Waals surface area contributed by atoms with Gasteiger partial charge in [0.25, 0.3) is 0 Å². The van der Waals surface area contributed by atoms with Gasteiger partial charge in [-0.15, -0.1) is 0 Å². The van der Waals surface area contributed by atoms with Crippen LogP contribution in [0.3, 0.4) is 0 Å². The van der Waals surface area contributed by atoms with Crippen LogP contribution in [0.25, 0.3) is 11.0 Å².